The molecule has 106 valence electrons. The van der Waals surface area contributed by atoms with E-state index in [1.807, 2.05) is 18.0 Å². The molecule has 0 aromatic carbocycles. The van der Waals surface area contributed by atoms with Crippen LogP contribution in [0.3, 0.4) is 0 Å². The standard InChI is InChI=1S/C16H26N2S/c1-16(2,3)19-11-14(17-4)13-9-5-7-12-8-6-10-18-15(12)13/h6,8,10,13-14,17H,5,7,9,11H2,1-4H3. The molecule has 0 aliphatic heterocycles. The van der Waals surface area contributed by atoms with E-state index in [-0.39, 0.29) is 0 Å². The lowest BCUT2D eigenvalue weighted by molar-refractivity contribution is 0.432. The van der Waals surface area contributed by atoms with Gasteiger partial charge in [-0.3, -0.25) is 4.98 Å². The van der Waals surface area contributed by atoms with Gasteiger partial charge in [0.05, 0.1) is 0 Å². The second-order valence-electron chi connectivity index (χ2n) is 6.37. The first-order chi connectivity index (χ1) is 9.01. The molecule has 1 aromatic rings. The van der Waals surface area contributed by atoms with Gasteiger partial charge in [0.15, 0.2) is 0 Å². The molecule has 1 aliphatic carbocycles. The van der Waals surface area contributed by atoms with Crippen LogP contribution in [0.1, 0.15) is 50.8 Å². The van der Waals surface area contributed by atoms with E-state index >= 15 is 0 Å². The van der Waals surface area contributed by atoms with Gasteiger partial charge in [-0.1, -0.05) is 26.8 Å². The Morgan fingerprint density at radius 2 is 2.26 bits per heavy atom. The zero-order chi connectivity index (χ0) is 13.9. The second kappa shape index (κ2) is 6.27. The van der Waals surface area contributed by atoms with Gasteiger partial charge in [-0.15, -0.1) is 0 Å². The van der Waals surface area contributed by atoms with E-state index in [2.05, 4.69) is 50.3 Å². The van der Waals surface area contributed by atoms with Crippen LogP contribution in [0, 0.1) is 0 Å². The van der Waals surface area contributed by atoms with Gasteiger partial charge in [0.2, 0.25) is 0 Å². The summed E-state index contributed by atoms with van der Waals surface area (Å²) in [5.74, 6) is 1.73. The Hall–Kier alpha value is -0.540. The third kappa shape index (κ3) is 3.96. The van der Waals surface area contributed by atoms with E-state index < -0.39 is 0 Å². The van der Waals surface area contributed by atoms with Crippen LogP contribution in [0.5, 0.6) is 0 Å². The third-order valence-electron chi connectivity index (χ3n) is 3.79. The van der Waals surface area contributed by atoms with Crippen molar-refractivity contribution in [2.24, 2.45) is 0 Å². The molecule has 3 heteroatoms. The van der Waals surface area contributed by atoms with E-state index in [9.17, 15) is 0 Å². The maximum atomic E-state index is 4.66. The summed E-state index contributed by atoms with van der Waals surface area (Å²) in [7, 11) is 2.09. The maximum Gasteiger partial charge on any atom is 0.0482 e. The number of hydrogen-bond donors (Lipinski definition) is 1. The number of nitrogens with zero attached hydrogens (tertiary/aromatic N) is 1. The van der Waals surface area contributed by atoms with Crippen molar-refractivity contribution in [1.82, 2.24) is 10.3 Å². The van der Waals surface area contributed by atoms with Crippen LogP contribution >= 0.6 is 11.8 Å². The predicted octanol–water partition coefficient (Wildman–Crippen LogP) is 3.62. The monoisotopic (exact) mass is 278 g/mol. The number of nitrogens with one attached hydrogen (secondary N) is 1. The Bertz CT molecular complexity index is 411. The molecule has 0 saturated heterocycles. The normalized spacial score (nSPS) is 20.9. The number of thioether (sulfide) groups is 1. The molecule has 0 amide bonds. The quantitative estimate of drug-likeness (QED) is 0.910. The molecule has 2 rings (SSSR count). The molecule has 1 heterocycles. The first-order valence-corrected chi connectivity index (χ1v) is 8.25. The Balaban J connectivity index is 2.11. The van der Waals surface area contributed by atoms with Crippen molar-refractivity contribution in [3.63, 3.8) is 0 Å². The summed E-state index contributed by atoms with van der Waals surface area (Å²) in [4.78, 5) is 4.66. The van der Waals surface area contributed by atoms with Crippen molar-refractivity contribution in [2.75, 3.05) is 12.8 Å². The van der Waals surface area contributed by atoms with E-state index in [4.69, 9.17) is 0 Å². The number of aromatic nitrogens is 1. The SMILES string of the molecule is CNC(CSC(C)(C)C)C1CCCc2cccnc21. The fourth-order valence-corrected chi connectivity index (χ4v) is 3.86. The number of likely N-dealkylation sites (N-methyl/N-ethyl adjacent to an activating group) is 1. The van der Waals surface area contributed by atoms with Gasteiger partial charge in [0, 0.05) is 34.4 Å². The fourth-order valence-electron chi connectivity index (χ4n) is 2.78. The van der Waals surface area contributed by atoms with Gasteiger partial charge in [-0.2, -0.15) is 11.8 Å². The van der Waals surface area contributed by atoms with Crippen molar-refractivity contribution in [2.45, 2.75) is 56.7 Å². The zero-order valence-corrected chi connectivity index (χ0v) is 13.4. The minimum Gasteiger partial charge on any atom is -0.316 e. The summed E-state index contributed by atoms with van der Waals surface area (Å²) in [5.41, 5.74) is 2.79. The highest BCUT2D eigenvalue weighted by Crippen LogP contribution is 2.35. The van der Waals surface area contributed by atoms with E-state index in [1.54, 1.807) is 0 Å². The zero-order valence-electron chi connectivity index (χ0n) is 12.6. The molecule has 1 aromatic heterocycles. The summed E-state index contributed by atoms with van der Waals surface area (Å²) in [6.07, 6.45) is 5.70. The molecule has 0 bridgehead atoms. The van der Waals surface area contributed by atoms with E-state index in [0.29, 0.717) is 16.7 Å². The van der Waals surface area contributed by atoms with Gasteiger partial charge in [0.25, 0.3) is 0 Å². The molecule has 0 radical (unpaired) electrons. The highest BCUT2D eigenvalue weighted by molar-refractivity contribution is 8.00. The fraction of sp³-hybridized carbons (Fsp3) is 0.688. The van der Waals surface area contributed by atoms with Crippen LogP contribution in [0.4, 0.5) is 0 Å². The summed E-state index contributed by atoms with van der Waals surface area (Å²) >= 11 is 2.04. The van der Waals surface area contributed by atoms with Crippen LogP contribution in [-0.4, -0.2) is 28.6 Å². The van der Waals surface area contributed by atoms with E-state index in [1.165, 1.54) is 30.5 Å². The highest BCUT2D eigenvalue weighted by Gasteiger charge is 2.29. The van der Waals surface area contributed by atoms with Crippen molar-refractivity contribution >= 4 is 11.8 Å². The van der Waals surface area contributed by atoms with Crippen molar-refractivity contribution < 1.29 is 0 Å². The summed E-state index contributed by atoms with van der Waals surface area (Å²) < 4.78 is 0.330. The van der Waals surface area contributed by atoms with Crippen molar-refractivity contribution in [3.05, 3.63) is 29.6 Å². The largest absolute Gasteiger partial charge is 0.316 e. The molecule has 2 atom stereocenters. The van der Waals surface area contributed by atoms with Crippen LogP contribution in [0.2, 0.25) is 0 Å². The summed E-state index contributed by atoms with van der Waals surface area (Å²) in [5, 5.41) is 3.52. The van der Waals surface area contributed by atoms with Crippen LogP contribution in [0.15, 0.2) is 18.3 Å². The first-order valence-electron chi connectivity index (χ1n) is 7.26. The maximum absolute atomic E-state index is 4.66. The van der Waals surface area contributed by atoms with Crippen LogP contribution in [0.25, 0.3) is 0 Å². The molecule has 2 unspecified atom stereocenters. The van der Waals surface area contributed by atoms with Crippen LogP contribution < -0.4 is 5.32 Å². The predicted molar refractivity (Wildman–Crippen MR) is 85.0 cm³/mol. The molecular formula is C16H26N2S. The molecule has 0 saturated carbocycles. The molecular weight excluding hydrogens is 252 g/mol. The van der Waals surface area contributed by atoms with Gasteiger partial charge in [-0.05, 0) is 37.9 Å². The lowest BCUT2D eigenvalue weighted by atomic mass is 9.82. The number of hydrogen-bond acceptors (Lipinski definition) is 3. The van der Waals surface area contributed by atoms with Gasteiger partial charge in [0.1, 0.15) is 0 Å². The lowest BCUT2D eigenvalue weighted by Gasteiger charge is -2.32. The Morgan fingerprint density at radius 1 is 1.47 bits per heavy atom. The van der Waals surface area contributed by atoms with Crippen LogP contribution in [-0.2, 0) is 6.42 Å². The number of fused-ring (bicyclic) bond motifs is 1. The third-order valence-corrected chi connectivity index (χ3v) is 5.18. The first kappa shape index (κ1) is 14.9. The molecule has 1 aliphatic rings. The van der Waals surface area contributed by atoms with Crippen molar-refractivity contribution in [1.29, 1.82) is 0 Å². The topological polar surface area (TPSA) is 24.9 Å². The average Bonchev–Trinajstić information content (AvgIpc) is 2.38. The van der Waals surface area contributed by atoms with E-state index in [0.717, 1.165) is 5.75 Å². The highest BCUT2D eigenvalue weighted by atomic mass is 32.2. The second-order valence-corrected chi connectivity index (χ2v) is 8.21. The Labute approximate surface area is 121 Å². The Morgan fingerprint density at radius 3 is 2.95 bits per heavy atom. The lowest BCUT2D eigenvalue weighted by Crippen LogP contribution is -2.37. The molecule has 1 N–H and O–H groups in total. The minimum atomic E-state index is 0.330. The molecule has 19 heavy (non-hydrogen) atoms. The summed E-state index contributed by atoms with van der Waals surface area (Å²) in [6, 6.07) is 4.84. The average molecular weight is 278 g/mol. The van der Waals surface area contributed by atoms with Gasteiger partial charge in [-0.25, -0.2) is 0 Å². The smallest absolute Gasteiger partial charge is 0.0482 e. The molecule has 0 fully saturated rings. The number of rotatable bonds is 4. The summed E-state index contributed by atoms with van der Waals surface area (Å²) in [6.45, 7) is 6.87. The van der Waals surface area contributed by atoms with Crippen molar-refractivity contribution in [3.8, 4) is 0 Å². The number of pyridine rings is 1. The van der Waals surface area contributed by atoms with Gasteiger partial charge >= 0.3 is 0 Å². The van der Waals surface area contributed by atoms with Gasteiger partial charge < -0.3 is 5.32 Å². The molecule has 2 nitrogen and oxygen atoms in total. The minimum absolute atomic E-state index is 0.330. The number of aryl methyl sites for hydroxylation is 1. The molecule has 0 spiro atoms. The Kier molecular flexibility index (Phi) is 4.91.